The number of nitrogens with zero attached hydrogens (tertiary/aromatic N) is 1. The van der Waals surface area contributed by atoms with Gasteiger partial charge in [0.1, 0.15) is 0 Å². The largest absolute Gasteiger partial charge is 0.481 e. The van der Waals surface area contributed by atoms with Crippen molar-refractivity contribution in [1.29, 1.82) is 0 Å². The van der Waals surface area contributed by atoms with Gasteiger partial charge in [0.25, 0.3) is 0 Å². The van der Waals surface area contributed by atoms with Gasteiger partial charge in [-0.3, -0.25) is 9.59 Å². The second kappa shape index (κ2) is 4.72. The number of benzene rings is 1. The quantitative estimate of drug-likeness (QED) is 0.888. The number of rotatable bonds is 3. The molecule has 1 aromatic rings. The van der Waals surface area contributed by atoms with Crippen molar-refractivity contribution in [2.75, 3.05) is 6.54 Å². The van der Waals surface area contributed by atoms with E-state index >= 15 is 0 Å². The van der Waals surface area contributed by atoms with Crippen LogP contribution in [0.2, 0.25) is 0 Å². The lowest BCUT2D eigenvalue weighted by atomic mass is 10.1. The maximum absolute atomic E-state index is 13.4. The van der Waals surface area contributed by atoms with Crippen LogP contribution < -0.4 is 0 Å². The molecule has 1 amide bonds. The van der Waals surface area contributed by atoms with Crippen molar-refractivity contribution in [2.45, 2.75) is 13.0 Å². The van der Waals surface area contributed by atoms with Gasteiger partial charge in [0.2, 0.25) is 5.91 Å². The van der Waals surface area contributed by atoms with Crippen molar-refractivity contribution in [2.24, 2.45) is 5.92 Å². The Morgan fingerprint density at radius 3 is 2.78 bits per heavy atom. The SMILES string of the molecule is O=C(O)C1CC(=O)N(Cc2cccc(F)c2F)C1. The average Bonchev–Trinajstić information content (AvgIpc) is 2.67. The first-order valence-electron chi connectivity index (χ1n) is 5.42. The van der Waals surface area contributed by atoms with Gasteiger partial charge in [-0.05, 0) is 6.07 Å². The molecule has 6 heteroatoms. The lowest BCUT2D eigenvalue weighted by Gasteiger charge is -2.16. The van der Waals surface area contributed by atoms with Crippen LogP contribution in [0.25, 0.3) is 0 Å². The predicted molar refractivity (Wildman–Crippen MR) is 57.5 cm³/mol. The third-order valence-electron chi connectivity index (χ3n) is 2.96. The van der Waals surface area contributed by atoms with Crippen LogP contribution in [0.3, 0.4) is 0 Å². The molecule has 1 aromatic carbocycles. The first-order chi connectivity index (χ1) is 8.49. The van der Waals surface area contributed by atoms with E-state index in [0.717, 1.165) is 6.07 Å². The minimum absolute atomic E-state index is 0.0319. The molecule has 1 aliphatic rings. The fourth-order valence-corrected chi connectivity index (χ4v) is 1.97. The summed E-state index contributed by atoms with van der Waals surface area (Å²) in [5, 5.41) is 8.80. The molecule has 1 unspecified atom stereocenters. The van der Waals surface area contributed by atoms with Crippen LogP contribution in [0.5, 0.6) is 0 Å². The minimum Gasteiger partial charge on any atom is -0.481 e. The fourth-order valence-electron chi connectivity index (χ4n) is 1.97. The molecule has 18 heavy (non-hydrogen) atoms. The Labute approximate surface area is 102 Å². The Balaban J connectivity index is 2.13. The topological polar surface area (TPSA) is 57.6 Å². The normalized spacial score (nSPS) is 19.3. The van der Waals surface area contributed by atoms with Crippen molar-refractivity contribution in [3.63, 3.8) is 0 Å². The molecule has 96 valence electrons. The zero-order chi connectivity index (χ0) is 13.3. The molecule has 4 nitrogen and oxygen atoms in total. The Morgan fingerprint density at radius 1 is 1.44 bits per heavy atom. The van der Waals surface area contributed by atoms with E-state index in [1.54, 1.807) is 0 Å². The van der Waals surface area contributed by atoms with Gasteiger partial charge in [-0.25, -0.2) is 8.78 Å². The summed E-state index contributed by atoms with van der Waals surface area (Å²) in [4.78, 5) is 23.5. The number of hydrogen-bond donors (Lipinski definition) is 1. The number of hydrogen-bond acceptors (Lipinski definition) is 2. The first-order valence-corrected chi connectivity index (χ1v) is 5.42. The summed E-state index contributed by atoms with van der Waals surface area (Å²) >= 11 is 0. The number of carboxylic acid groups (broad SMARTS) is 1. The smallest absolute Gasteiger partial charge is 0.308 e. The Bertz CT molecular complexity index is 504. The number of aliphatic carboxylic acids is 1. The summed E-state index contributed by atoms with van der Waals surface area (Å²) in [7, 11) is 0. The van der Waals surface area contributed by atoms with Gasteiger partial charge in [-0.2, -0.15) is 0 Å². The van der Waals surface area contributed by atoms with Crippen LogP contribution in [0.1, 0.15) is 12.0 Å². The summed E-state index contributed by atoms with van der Waals surface area (Å²) in [6.07, 6.45) is -0.0910. The lowest BCUT2D eigenvalue weighted by Crippen LogP contribution is -2.26. The van der Waals surface area contributed by atoms with E-state index in [-0.39, 0.29) is 31.0 Å². The molecular weight excluding hydrogens is 244 g/mol. The molecule has 1 atom stereocenters. The van der Waals surface area contributed by atoms with Gasteiger partial charge >= 0.3 is 5.97 Å². The van der Waals surface area contributed by atoms with E-state index in [9.17, 15) is 18.4 Å². The number of carboxylic acids is 1. The summed E-state index contributed by atoms with van der Waals surface area (Å²) in [5.74, 6) is -4.15. The molecule has 2 rings (SSSR count). The van der Waals surface area contributed by atoms with Crippen molar-refractivity contribution in [3.8, 4) is 0 Å². The van der Waals surface area contributed by atoms with Crippen LogP contribution in [0, 0.1) is 17.6 Å². The van der Waals surface area contributed by atoms with Gasteiger partial charge in [0.15, 0.2) is 11.6 Å². The molecule has 0 saturated carbocycles. The predicted octanol–water partition coefficient (Wildman–Crippen LogP) is 1.40. The Morgan fingerprint density at radius 2 is 2.17 bits per heavy atom. The van der Waals surface area contributed by atoms with Crippen LogP contribution in [0.4, 0.5) is 8.78 Å². The number of halogens is 2. The highest BCUT2D eigenvalue weighted by atomic mass is 19.2. The molecule has 0 spiro atoms. The maximum Gasteiger partial charge on any atom is 0.308 e. The molecule has 1 saturated heterocycles. The molecule has 0 aliphatic carbocycles. The molecule has 1 aliphatic heterocycles. The summed E-state index contributed by atoms with van der Waals surface area (Å²) in [5.41, 5.74) is 0.0504. The molecule has 0 bridgehead atoms. The van der Waals surface area contributed by atoms with Crippen LogP contribution >= 0.6 is 0 Å². The number of carbonyl (C=O) groups is 2. The highest BCUT2D eigenvalue weighted by Crippen LogP contribution is 2.22. The number of amides is 1. The molecular formula is C12H11F2NO3. The van der Waals surface area contributed by atoms with Crippen LogP contribution in [0.15, 0.2) is 18.2 Å². The Hall–Kier alpha value is -1.98. The average molecular weight is 255 g/mol. The van der Waals surface area contributed by atoms with Gasteiger partial charge in [-0.1, -0.05) is 12.1 Å². The molecule has 1 heterocycles. The molecule has 0 aromatic heterocycles. The minimum atomic E-state index is -1.05. The van der Waals surface area contributed by atoms with Crippen molar-refractivity contribution >= 4 is 11.9 Å². The third-order valence-corrected chi connectivity index (χ3v) is 2.96. The van der Waals surface area contributed by atoms with E-state index in [0.29, 0.717) is 0 Å². The van der Waals surface area contributed by atoms with E-state index in [4.69, 9.17) is 5.11 Å². The number of likely N-dealkylation sites (tertiary alicyclic amines) is 1. The standard InChI is InChI=1S/C12H11F2NO3/c13-9-3-1-2-7(11(9)14)5-15-6-8(12(17)18)4-10(15)16/h1-3,8H,4-6H2,(H,17,18). The maximum atomic E-state index is 13.4. The van der Waals surface area contributed by atoms with Crippen LogP contribution in [-0.4, -0.2) is 28.4 Å². The first kappa shape index (κ1) is 12.5. The van der Waals surface area contributed by atoms with Crippen LogP contribution in [-0.2, 0) is 16.1 Å². The van der Waals surface area contributed by atoms with E-state index in [1.165, 1.54) is 17.0 Å². The summed E-state index contributed by atoms with van der Waals surface area (Å²) in [6, 6.07) is 3.72. The van der Waals surface area contributed by atoms with Crippen molar-refractivity contribution in [1.82, 2.24) is 4.90 Å². The van der Waals surface area contributed by atoms with E-state index < -0.39 is 23.5 Å². The van der Waals surface area contributed by atoms with E-state index in [2.05, 4.69) is 0 Å². The fraction of sp³-hybridized carbons (Fsp3) is 0.333. The van der Waals surface area contributed by atoms with Crippen molar-refractivity contribution in [3.05, 3.63) is 35.4 Å². The monoisotopic (exact) mass is 255 g/mol. The zero-order valence-electron chi connectivity index (χ0n) is 9.40. The molecule has 1 N–H and O–H groups in total. The van der Waals surface area contributed by atoms with E-state index in [1.807, 2.05) is 0 Å². The zero-order valence-corrected chi connectivity index (χ0v) is 9.40. The molecule has 1 fully saturated rings. The highest BCUT2D eigenvalue weighted by Gasteiger charge is 2.34. The third kappa shape index (κ3) is 2.32. The Kier molecular flexibility index (Phi) is 3.27. The molecule has 0 radical (unpaired) electrons. The highest BCUT2D eigenvalue weighted by molar-refractivity contribution is 5.86. The summed E-state index contributed by atoms with van der Waals surface area (Å²) in [6.45, 7) is -0.0731. The van der Waals surface area contributed by atoms with Gasteiger partial charge in [0.05, 0.1) is 5.92 Å². The van der Waals surface area contributed by atoms with Gasteiger partial charge in [0, 0.05) is 25.1 Å². The second-order valence-electron chi connectivity index (χ2n) is 4.23. The van der Waals surface area contributed by atoms with Crippen molar-refractivity contribution < 1.29 is 23.5 Å². The lowest BCUT2D eigenvalue weighted by molar-refractivity contribution is -0.141. The second-order valence-corrected chi connectivity index (χ2v) is 4.23. The van der Waals surface area contributed by atoms with Gasteiger partial charge < -0.3 is 10.0 Å². The van der Waals surface area contributed by atoms with Gasteiger partial charge in [-0.15, -0.1) is 0 Å². The summed E-state index contributed by atoms with van der Waals surface area (Å²) < 4.78 is 26.4. The number of carbonyl (C=O) groups excluding carboxylic acids is 1.